The second-order valence-corrected chi connectivity index (χ2v) is 7.11. The quantitative estimate of drug-likeness (QED) is 0.846. The molecule has 3 amide bonds. The standard InChI is InChI=1S/C22H23N3O4/c1-3-24-20(27)16-9-5-6-10-17(16)25-19(26)12-13-22(24,25)21(28)23-14-15-8-4-7-11-18(15)29-2/h4-11H,3,12-14H2,1-2H3,(H,23,28)/t22-/m0/s1. The maximum atomic E-state index is 13.5. The van der Waals surface area contributed by atoms with E-state index in [-0.39, 0.29) is 37.1 Å². The molecule has 0 aliphatic carbocycles. The van der Waals surface area contributed by atoms with Crippen LogP contribution in [0.2, 0.25) is 0 Å². The van der Waals surface area contributed by atoms with E-state index in [2.05, 4.69) is 5.32 Å². The van der Waals surface area contributed by atoms with Crippen molar-refractivity contribution in [3.8, 4) is 5.75 Å². The first-order valence-electron chi connectivity index (χ1n) is 9.69. The Labute approximate surface area is 169 Å². The van der Waals surface area contributed by atoms with Crippen molar-refractivity contribution in [2.24, 2.45) is 0 Å². The van der Waals surface area contributed by atoms with E-state index in [1.54, 1.807) is 31.4 Å². The Bertz CT molecular complexity index is 990. The van der Waals surface area contributed by atoms with Gasteiger partial charge < -0.3 is 15.0 Å². The molecule has 2 aromatic carbocycles. The number of anilines is 1. The minimum atomic E-state index is -1.35. The Morgan fingerprint density at radius 2 is 1.86 bits per heavy atom. The highest BCUT2D eigenvalue weighted by atomic mass is 16.5. The van der Waals surface area contributed by atoms with Gasteiger partial charge in [0.25, 0.3) is 11.8 Å². The summed E-state index contributed by atoms with van der Waals surface area (Å²) in [6.07, 6.45) is 0.470. The van der Waals surface area contributed by atoms with Crippen molar-refractivity contribution in [2.75, 3.05) is 18.6 Å². The predicted molar refractivity (Wildman–Crippen MR) is 107 cm³/mol. The molecule has 150 valence electrons. The highest BCUT2D eigenvalue weighted by molar-refractivity contribution is 6.16. The number of methoxy groups -OCH3 is 1. The molecule has 4 rings (SSSR count). The van der Waals surface area contributed by atoms with Gasteiger partial charge in [0.1, 0.15) is 5.75 Å². The number of carbonyl (C=O) groups excluding carboxylic acids is 3. The first-order valence-corrected chi connectivity index (χ1v) is 9.69. The smallest absolute Gasteiger partial charge is 0.267 e. The summed E-state index contributed by atoms with van der Waals surface area (Å²) in [6.45, 7) is 2.38. The zero-order valence-electron chi connectivity index (χ0n) is 16.5. The van der Waals surface area contributed by atoms with Crippen molar-refractivity contribution in [1.82, 2.24) is 10.2 Å². The Balaban J connectivity index is 1.72. The largest absolute Gasteiger partial charge is 0.496 e. The molecular formula is C22H23N3O4. The van der Waals surface area contributed by atoms with Crippen molar-refractivity contribution < 1.29 is 19.1 Å². The SMILES string of the molecule is CCN1C(=O)c2ccccc2N2C(=O)CC[C@]12C(=O)NCc1ccccc1OC. The van der Waals surface area contributed by atoms with E-state index in [0.29, 0.717) is 23.5 Å². The van der Waals surface area contributed by atoms with Crippen LogP contribution in [-0.2, 0) is 16.1 Å². The number of hydrogen-bond acceptors (Lipinski definition) is 4. The van der Waals surface area contributed by atoms with E-state index in [1.165, 1.54) is 9.80 Å². The lowest BCUT2D eigenvalue weighted by Crippen LogP contribution is -2.70. The van der Waals surface area contributed by atoms with Crippen molar-refractivity contribution in [3.63, 3.8) is 0 Å². The van der Waals surface area contributed by atoms with Crippen LogP contribution in [0.4, 0.5) is 5.69 Å². The average Bonchev–Trinajstić information content (AvgIpc) is 3.11. The van der Waals surface area contributed by atoms with Crippen LogP contribution in [0.1, 0.15) is 35.7 Å². The number of ether oxygens (including phenoxy) is 1. The molecule has 29 heavy (non-hydrogen) atoms. The third kappa shape index (κ3) is 2.76. The molecule has 0 spiro atoms. The monoisotopic (exact) mass is 393 g/mol. The first-order chi connectivity index (χ1) is 14.0. The molecule has 2 aromatic rings. The molecule has 0 aromatic heterocycles. The van der Waals surface area contributed by atoms with E-state index in [4.69, 9.17) is 4.74 Å². The molecule has 0 saturated carbocycles. The van der Waals surface area contributed by atoms with Crippen LogP contribution < -0.4 is 15.0 Å². The van der Waals surface area contributed by atoms with Gasteiger partial charge in [-0.05, 0) is 25.1 Å². The van der Waals surface area contributed by atoms with Crippen molar-refractivity contribution in [3.05, 3.63) is 59.7 Å². The van der Waals surface area contributed by atoms with Gasteiger partial charge in [-0.3, -0.25) is 19.3 Å². The molecule has 0 bridgehead atoms. The maximum Gasteiger partial charge on any atom is 0.267 e. The van der Waals surface area contributed by atoms with Gasteiger partial charge in [0.2, 0.25) is 11.6 Å². The number of nitrogens with one attached hydrogen (secondary N) is 1. The normalized spacial score (nSPS) is 20.3. The summed E-state index contributed by atoms with van der Waals surface area (Å²) in [6, 6.07) is 14.4. The molecule has 1 N–H and O–H groups in total. The summed E-state index contributed by atoms with van der Waals surface area (Å²) in [7, 11) is 1.58. The molecule has 0 radical (unpaired) electrons. The van der Waals surface area contributed by atoms with Crippen LogP contribution >= 0.6 is 0 Å². The number of nitrogens with zero attached hydrogens (tertiary/aromatic N) is 2. The molecular weight excluding hydrogens is 370 g/mol. The van der Waals surface area contributed by atoms with Crippen molar-refractivity contribution >= 4 is 23.4 Å². The number of fused-ring (bicyclic) bond motifs is 3. The van der Waals surface area contributed by atoms with Gasteiger partial charge in [-0.2, -0.15) is 0 Å². The molecule has 0 unspecified atom stereocenters. The van der Waals surface area contributed by atoms with Gasteiger partial charge >= 0.3 is 0 Å². The van der Waals surface area contributed by atoms with Gasteiger partial charge in [0, 0.05) is 31.5 Å². The van der Waals surface area contributed by atoms with Crippen LogP contribution in [0.25, 0.3) is 0 Å². The van der Waals surface area contributed by atoms with E-state index < -0.39 is 5.66 Å². The summed E-state index contributed by atoms with van der Waals surface area (Å²) >= 11 is 0. The topological polar surface area (TPSA) is 79.0 Å². The van der Waals surface area contributed by atoms with Gasteiger partial charge in [-0.1, -0.05) is 30.3 Å². The highest BCUT2D eigenvalue weighted by Gasteiger charge is 2.60. The maximum absolute atomic E-state index is 13.5. The molecule has 2 aliphatic heterocycles. The summed E-state index contributed by atoms with van der Waals surface area (Å²) in [5.74, 6) is -0.0849. The van der Waals surface area contributed by atoms with Gasteiger partial charge in [0.05, 0.1) is 18.4 Å². The molecule has 1 atom stereocenters. The number of benzene rings is 2. The van der Waals surface area contributed by atoms with Crippen LogP contribution in [0.15, 0.2) is 48.5 Å². The van der Waals surface area contributed by atoms with E-state index in [0.717, 1.165) is 5.56 Å². The molecule has 2 heterocycles. The zero-order valence-corrected chi connectivity index (χ0v) is 16.5. The minimum Gasteiger partial charge on any atom is -0.496 e. The number of amides is 3. The number of carbonyl (C=O) groups is 3. The zero-order chi connectivity index (χ0) is 20.6. The van der Waals surface area contributed by atoms with Crippen LogP contribution in [0.5, 0.6) is 5.75 Å². The third-order valence-electron chi connectivity index (χ3n) is 5.69. The van der Waals surface area contributed by atoms with E-state index in [1.807, 2.05) is 31.2 Å². The minimum absolute atomic E-state index is 0.157. The van der Waals surface area contributed by atoms with Gasteiger partial charge in [-0.25, -0.2) is 0 Å². The summed E-state index contributed by atoms with van der Waals surface area (Å²) < 4.78 is 5.35. The first kappa shape index (κ1) is 19.0. The lowest BCUT2D eigenvalue weighted by molar-refractivity contribution is -0.133. The summed E-state index contributed by atoms with van der Waals surface area (Å²) in [5, 5.41) is 2.94. The van der Waals surface area contributed by atoms with Crippen LogP contribution in [0, 0.1) is 0 Å². The molecule has 2 aliphatic rings. The number of para-hydroxylation sites is 2. The lowest BCUT2D eigenvalue weighted by atomic mass is 9.95. The van der Waals surface area contributed by atoms with Crippen molar-refractivity contribution in [1.29, 1.82) is 0 Å². The second kappa shape index (κ2) is 7.24. The predicted octanol–water partition coefficient (Wildman–Crippen LogP) is 2.31. The second-order valence-electron chi connectivity index (χ2n) is 7.11. The molecule has 1 saturated heterocycles. The van der Waals surface area contributed by atoms with Crippen LogP contribution in [0.3, 0.4) is 0 Å². The van der Waals surface area contributed by atoms with Crippen molar-refractivity contribution in [2.45, 2.75) is 32.0 Å². The fraction of sp³-hybridized carbons (Fsp3) is 0.318. The number of rotatable bonds is 5. The Morgan fingerprint density at radius 1 is 1.14 bits per heavy atom. The van der Waals surface area contributed by atoms with E-state index in [9.17, 15) is 14.4 Å². The Hall–Kier alpha value is -3.35. The van der Waals surface area contributed by atoms with Gasteiger partial charge in [-0.15, -0.1) is 0 Å². The summed E-state index contributed by atoms with van der Waals surface area (Å²) in [5.41, 5.74) is 0.412. The fourth-order valence-electron chi connectivity index (χ4n) is 4.37. The highest BCUT2D eigenvalue weighted by Crippen LogP contribution is 2.44. The average molecular weight is 393 g/mol. The Morgan fingerprint density at radius 3 is 2.62 bits per heavy atom. The lowest BCUT2D eigenvalue weighted by Gasteiger charge is -2.48. The van der Waals surface area contributed by atoms with Gasteiger partial charge in [0.15, 0.2) is 0 Å². The molecule has 7 heteroatoms. The number of likely N-dealkylation sites (N-methyl/N-ethyl adjacent to an activating group) is 1. The molecule has 7 nitrogen and oxygen atoms in total. The Kier molecular flexibility index (Phi) is 4.74. The van der Waals surface area contributed by atoms with E-state index >= 15 is 0 Å². The molecule has 1 fully saturated rings. The summed E-state index contributed by atoms with van der Waals surface area (Å²) in [4.78, 5) is 42.5. The van der Waals surface area contributed by atoms with Crippen LogP contribution in [-0.4, -0.2) is 41.9 Å². The fourth-order valence-corrected chi connectivity index (χ4v) is 4.37. The number of hydrogen-bond donors (Lipinski definition) is 1. The third-order valence-corrected chi connectivity index (χ3v) is 5.69.